The Morgan fingerprint density at radius 3 is 2.93 bits per heavy atom. The lowest BCUT2D eigenvalue weighted by Crippen LogP contribution is -2.27. The smallest absolute Gasteiger partial charge is 0.0702 e. The minimum absolute atomic E-state index is 0.109. The summed E-state index contributed by atoms with van der Waals surface area (Å²) < 4.78 is 1.03. The van der Waals surface area contributed by atoms with Crippen molar-refractivity contribution in [2.45, 2.75) is 32.4 Å². The van der Waals surface area contributed by atoms with E-state index in [0.717, 1.165) is 16.6 Å². The van der Waals surface area contributed by atoms with Gasteiger partial charge in [-0.25, -0.2) is 0 Å². The van der Waals surface area contributed by atoms with Crippen LogP contribution in [0, 0.1) is 0 Å². The summed E-state index contributed by atoms with van der Waals surface area (Å²) in [6.45, 7) is 3.46. The molecule has 0 unspecified atom stereocenters. The van der Waals surface area contributed by atoms with Gasteiger partial charge >= 0.3 is 0 Å². The molecule has 0 aromatic heterocycles. The first-order chi connectivity index (χ1) is 7.22. The van der Waals surface area contributed by atoms with E-state index in [1.54, 1.807) is 0 Å². The number of aliphatic hydroxyl groups is 1. The van der Waals surface area contributed by atoms with Crippen LogP contribution in [-0.2, 0) is 6.61 Å². The number of hydrogen-bond donors (Lipinski definition) is 1. The third kappa shape index (κ3) is 2.18. The van der Waals surface area contributed by atoms with Gasteiger partial charge < -0.3 is 10.0 Å². The maximum absolute atomic E-state index is 9.34. The number of halogens is 1. The first-order valence-electron chi connectivity index (χ1n) is 5.38. The molecular weight excluding hydrogens is 254 g/mol. The molecule has 2 nitrogen and oxygen atoms in total. The van der Waals surface area contributed by atoms with Gasteiger partial charge in [0.2, 0.25) is 0 Å². The second-order valence-corrected chi connectivity index (χ2v) is 5.03. The zero-order valence-electron chi connectivity index (χ0n) is 8.91. The maximum Gasteiger partial charge on any atom is 0.0702 e. The van der Waals surface area contributed by atoms with E-state index in [1.807, 2.05) is 12.1 Å². The Hall–Kier alpha value is -0.540. The predicted molar refractivity (Wildman–Crippen MR) is 66.1 cm³/mol. The average Bonchev–Trinajstić information content (AvgIpc) is 2.64. The summed E-state index contributed by atoms with van der Waals surface area (Å²) in [5, 5.41) is 9.34. The molecule has 0 amide bonds. The van der Waals surface area contributed by atoms with E-state index < -0.39 is 0 Å². The second-order valence-electron chi connectivity index (χ2n) is 4.12. The van der Waals surface area contributed by atoms with Crippen LogP contribution >= 0.6 is 15.9 Å². The summed E-state index contributed by atoms with van der Waals surface area (Å²) in [6, 6.07) is 6.73. The monoisotopic (exact) mass is 269 g/mol. The highest BCUT2D eigenvalue weighted by molar-refractivity contribution is 9.10. The quantitative estimate of drug-likeness (QED) is 0.893. The van der Waals surface area contributed by atoms with E-state index in [0.29, 0.717) is 6.04 Å². The van der Waals surface area contributed by atoms with Gasteiger partial charge in [-0.05, 0) is 38.0 Å². The van der Waals surface area contributed by atoms with Crippen LogP contribution in [0.1, 0.15) is 25.3 Å². The van der Waals surface area contributed by atoms with Crippen LogP contribution in [0.4, 0.5) is 5.69 Å². The van der Waals surface area contributed by atoms with Crippen molar-refractivity contribution in [1.82, 2.24) is 0 Å². The van der Waals surface area contributed by atoms with E-state index in [4.69, 9.17) is 0 Å². The molecular formula is C12H16BrNO. The van der Waals surface area contributed by atoms with Crippen molar-refractivity contribution in [3.63, 3.8) is 0 Å². The topological polar surface area (TPSA) is 23.5 Å². The van der Waals surface area contributed by atoms with Gasteiger partial charge in [-0.1, -0.05) is 15.9 Å². The van der Waals surface area contributed by atoms with Crippen molar-refractivity contribution in [3.8, 4) is 0 Å². The number of nitrogens with zero attached hydrogens (tertiary/aromatic N) is 1. The van der Waals surface area contributed by atoms with Gasteiger partial charge in [-0.2, -0.15) is 0 Å². The molecule has 1 N–H and O–H groups in total. The molecule has 2 rings (SSSR count). The third-order valence-electron chi connectivity index (χ3n) is 3.07. The Bertz CT molecular complexity index is 353. The van der Waals surface area contributed by atoms with Crippen LogP contribution in [0.5, 0.6) is 0 Å². The maximum atomic E-state index is 9.34. The van der Waals surface area contributed by atoms with Gasteiger partial charge in [0.25, 0.3) is 0 Å². The Morgan fingerprint density at radius 2 is 2.33 bits per heavy atom. The van der Waals surface area contributed by atoms with Crippen molar-refractivity contribution in [2.75, 3.05) is 11.4 Å². The number of anilines is 1. The molecule has 3 heteroatoms. The van der Waals surface area contributed by atoms with Gasteiger partial charge in [0.15, 0.2) is 0 Å². The average molecular weight is 270 g/mol. The third-order valence-corrected chi connectivity index (χ3v) is 3.57. The van der Waals surface area contributed by atoms with Crippen molar-refractivity contribution in [2.24, 2.45) is 0 Å². The van der Waals surface area contributed by atoms with E-state index in [-0.39, 0.29) is 6.61 Å². The van der Waals surface area contributed by atoms with Crippen molar-refractivity contribution in [1.29, 1.82) is 0 Å². The lowest BCUT2D eigenvalue weighted by Gasteiger charge is -2.26. The largest absolute Gasteiger partial charge is 0.392 e. The fourth-order valence-electron chi connectivity index (χ4n) is 2.25. The van der Waals surface area contributed by atoms with Crippen LogP contribution in [0.25, 0.3) is 0 Å². The van der Waals surface area contributed by atoms with Crippen molar-refractivity contribution >= 4 is 21.6 Å². The van der Waals surface area contributed by atoms with Gasteiger partial charge in [0.1, 0.15) is 0 Å². The lowest BCUT2D eigenvalue weighted by atomic mass is 10.1. The highest BCUT2D eigenvalue weighted by Gasteiger charge is 2.22. The molecule has 0 radical (unpaired) electrons. The normalized spacial score (nSPS) is 21.0. The predicted octanol–water partition coefficient (Wildman–Crippen LogP) is 2.93. The van der Waals surface area contributed by atoms with Crippen molar-refractivity contribution in [3.05, 3.63) is 28.2 Å². The van der Waals surface area contributed by atoms with Crippen LogP contribution in [0.3, 0.4) is 0 Å². The molecule has 1 aromatic rings. The van der Waals surface area contributed by atoms with E-state index >= 15 is 0 Å². The number of aliphatic hydroxyl groups excluding tert-OH is 1. The molecule has 1 saturated heterocycles. The summed E-state index contributed by atoms with van der Waals surface area (Å²) in [5.41, 5.74) is 2.20. The summed E-state index contributed by atoms with van der Waals surface area (Å²) in [4.78, 5) is 2.39. The van der Waals surface area contributed by atoms with Crippen LogP contribution in [-0.4, -0.2) is 17.7 Å². The highest BCUT2D eigenvalue weighted by atomic mass is 79.9. The highest BCUT2D eigenvalue weighted by Crippen LogP contribution is 2.30. The SMILES string of the molecule is C[C@@H]1CCCN1c1ccc(Br)cc1CO. The van der Waals surface area contributed by atoms with Gasteiger partial charge in [0, 0.05) is 28.3 Å². The molecule has 0 saturated carbocycles. The second kappa shape index (κ2) is 4.54. The molecule has 0 bridgehead atoms. The molecule has 1 atom stereocenters. The zero-order chi connectivity index (χ0) is 10.8. The van der Waals surface area contributed by atoms with E-state index in [2.05, 4.69) is 33.8 Å². The molecule has 1 heterocycles. The van der Waals surface area contributed by atoms with Crippen molar-refractivity contribution < 1.29 is 5.11 Å². The zero-order valence-corrected chi connectivity index (χ0v) is 10.5. The molecule has 1 aliphatic heterocycles. The molecule has 82 valence electrons. The Balaban J connectivity index is 2.34. The minimum atomic E-state index is 0.109. The Labute approximate surface area is 99.0 Å². The summed E-state index contributed by atoms with van der Waals surface area (Å²) in [5.74, 6) is 0. The van der Waals surface area contributed by atoms with E-state index in [9.17, 15) is 5.11 Å². The lowest BCUT2D eigenvalue weighted by molar-refractivity contribution is 0.282. The number of rotatable bonds is 2. The Kier molecular flexibility index (Phi) is 3.32. The molecule has 1 aromatic carbocycles. The van der Waals surface area contributed by atoms with Gasteiger partial charge in [0.05, 0.1) is 6.61 Å². The number of hydrogen-bond acceptors (Lipinski definition) is 2. The molecule has 1 aliphatic rings. The summed E-state index contributed by atoms with van der Waals surface area (Å²) in [7, 11) is 0. The fourth-order valence-corrected chi connectivity index (χ4v) is 2.66. The fraction of sp³-hybridized carbons (Fsp3) is 0.500. The Morgan fingerprint density at radius 1 is 1.53 bits per heavy atom. The molecule has 1 fully saturated rings. The first kappa shape index (κ1) is 11.0. The van der Waals surface area contributed by atoms with E-state index in [1.165, 1.54) is 18.5 Å². The molecule has 0 aliphatic carbocycles. The molecule has 0 spiro atoms. The van der Waals surface area contributed by atoms with Gasteiger partial charge in [-0.3, -0.25) is 0 Å². The van der Waals surface area contributed by atoms with Crippen LogP contribution in [0.15, 0.2) is 22.7 Å². The number of benzene rings is 1. The van der Waals surface area contributed by atoms with Gasteiger partial charge in [-0.15, -0.1) is 0 Å². The summed E-state index contributed by atoms with van der Waals surface area (Å²) in [6.07, 6.45) is 2.50. The van der Waals surface area contributed by atoms with Crippen LogP contribution in [0.2, 0.25) is 0 Å². The summed E-state index contributed by atoms with van der Waals surface area (Å²) >= 11 is 3.43. The minimum Gasteiger partial charge on any atom is -0.392 e. The molecule has 15 heavy (non-hydrogen) atoms. The van der Waals surface area contributed by atoms with Crippen LogP contribution < -0.4 is 4.90 Å². The standard InChI is InChI=1S/C12H16BrNO/c1-9-3-2-6-14(9)12-5-4-11(13)7-10(12)8-15/h4-5,7,9,15H,2-3,6,8H2,1H3/t9-/m1/s1. The first-order valence-corrected chi connectivity index (χ1v) is 6.17.